The zero-order valence-electron chi connectivity index (χ0n) is 16.1. The molecule has 0 aliphatic rings. The highest BCUT2D eigenvalue weighted by Crippen LogP contribution is 2.24. The Kier molecular flexibility index (Phi) is 7.08. The number of rotatable bonds is 9. The van der Waals surface area contributed by atoms with Crippen LogP contribution in [0.15, 0.2) is 78.9 Å². The summed E-state index contributed by atoms with van der Waals surface area (Å²) in [7, 11) is 1.62. The van der Waals surface area contributed by atoms with E-state index in [9.17, 15) is 4.79 Å². The van der Waals surface area contributed by atoms with Crippen molar-refractivity contribution in [1.82, 2.24) is 0 Å². The highest BCUT2D eigenvalue weighted by molar-refractivity contribution is 5.93. The van der Waals surface area contributed by atoms with Gasteiger partial charge in [0.2, 0.25) is 5.91 Å². The van der Waals surface area contributed by atoms with Crippen molar-refractivity contribution in [2.24, 2.45) is 0 Å². The number of amides is 1. The van der Waals surface area contributed by atoms with Gasteiger partial charge in [-0.1, -0.05) is 54.6 Å². The van der Waals surface area contributed by atoms with Crippen LogP contribution in [0.4, 0.5) is 5.69 Å². The molecule has 28 heavy (non-hydrogen) atoms. The molecule has 1 N–H and O–H groups in total. The Morgan fingerprint density at radius 2 is 1.57 bits per heavy atom. The van der Waals surface area contributed by atoms with Crippen molar-refractivity contribution < 1.29 is 14.3 Å². The van der Waals surface area contributed by atoms with E-state index >= 15 is 0 Å². The third-order valence-electron chi connectivity index (χ3n) is 4.40. The van der Waals surface area contributed by atoms with Gasteiger partial charge in [0.25, 0.3) is 0 Å². The Morgan fingerprint density at radius 1 is 0.857 bits per heavy atom. The van der Waals surface area contributed by atoms with Crippen molar-refractivity contribution in [3.63, 3.8) is 0 Å². The van der Waals surface area contributed by atoms with Crippen LogP contribution in [0.1, 0.15) is 17.5 Å². The maximum Gasteiger partial charge on any atom is 0.228 e. The number of ether oxygens (including phenoxy) is 2. The molecular formula is C24H25NO3. The zero-order valence-corrected chi connectivity index (χ0v) is 16.1. The van der Waals surface area contributed by atoms with E-state index in [0.29, 0.717) is 24.5 Å². The average molecular weight is 375 g/mol. The van der Waals surface area contributed by atoms with Gasteiger partial charge in [0, 0.05) is 0 Å². The monoisotopic (exact) mass is 375 g/mol. The molecule has 0 saturated carbocycles. The van der Waals surface area contributed by atoms with E-state index in [1.807, 2.05) is 66.7 Å². The molecule has 0 spiro atoms. The SMILES string of the molecule is COc1ccc(CC(=O)Nc2ccccc2OCCCc2ccccc2)cc1. The molecule has 0 aliphatic carbocycles. The van der Waals surface area contributed by atoms with E-state index < -0.39 is 0 Å². The Morgan fingerprint density at radius 3 is 2.32 bits per heavy atom. The van der Waals surface area contributed by atoms with Crippen LogP contribution in [-0.4, -0.2) is 19.6 Å². The van der Waals surface area contributed by atoms with Crippen molar-refractivity contribution in [1.29, 1.82) is 0 Å². The summed E-state index contributed by atoms with van der Waals surface area (Å²) in [6.07, 6.45) is 2.18. The predicted molar refractivity (Wildman–Crippen MR) is 112 cm³/mol. The standard InChI is InChI=1S/C24H25NO3/c1-27-21-15-13-20(14-16-21)18-24(26)25-22-11-5-6-12-23(22)28-17-7-10-19-8-3-2-4-9-19/h2-6,8-9,11-16H,7,10,17-18H2,1H3,(H,25,26). The second kappa shape index (κ2) is 10.2. The number of carbonyl (C=O) groups is 1. The summed E-state index contributed by atoms with van der Waals surface area (Å²) in [6.45, 7) is 0.597. The smallest absolute Gasteiger partial charge is 0.228 e. The Hall–Kier alpha value is -3.27. The maximum absolute atomic E-state index is 12.4. The van der Waals surface area contributed by atoms with E-state index in [1.165, 1.54) is 5.56 Å². The lowest BCUT2D eigenvalue weighted by Crippen LogP contribution is -2.15. The van der Waals surface area contributed by atoms with Crippen LogP contribution < -0.4 is 14.8 Å². The molecule has 0 saturated heterocycles. The number of hydrogen-bond acceptors (Lipinski definition) is 3. The van der Waals surface area contributed by atoms with Crippen LogP contribution in [0.5, 0.6) is 11.5 Å². The highest BCUT2D eigenvalue weighted by atomic mass is 16.5. The Bertz CT molecular complexity index is 876. The molecule has 3 aromatic carbocycles. The second-order valence-corrected chi connectivity index (χ2v) is 6.51. The van der Waals surface area contributed by atoms with Gasteiger partial charge in [0.1, 0.15) is 11.5 Å². The first-order valence-electron chi connectivity index (χ1n) is 9.43. The summed E-state index contributed by atoms with van der Waals surface area (Å²) in [4.78, 5) is 12.4. The van der Waals surface area contributed by atoms with Crippen molar-refractivity contribution in [3.8, 4) is 11.5 Å². The molecule has 4 heteroatoms. The summed E-state index contributed by atoms with van der Waals surface area (Å²) >= 11 is 0. The van der Waals surface area contributed by atoms with Gasteiger partial charge >= 0.3 is 0 Å². The lowest BCUT2D eigenvalue weighted by molar-refractivity contribution is -0.115. The molecule has 4 nitrogen and oxygen atoms in total. The third-order valence-corrected chi connectivity index (χ3v) is 4.40. The van der Waals surface area contributed by atoms with Crippen molar-refractivity contribution >= 4 is 11.6 Å². The second-order valence-electron chi connectivity index (χ2n) is 6.51. The van der Waals surface area contributed by atoms with Gasteiger partial charge < -0.3 is 14.8 Å². The fourth-order valence-corrected chi connectivity index (χ4v) is 2.92. The van der Waals surface area contributed by atoms with Crippen LogP contribution in [0.3, 0.4) is 0 Å². The summed E-state index contributed by atoms with van der Waals surface area (Å²) in [5, 5.41) is 2.95. The van der Waals surface area contributed by atoms with Crippen LogP contribution in [0, 0.1) is 0 Å². The normalized spacial score (nSPS) is 10.3. The fourth-order valence-electron chi connectivity index (χ4n) is 2.92. The average Bonchev–Trinajstić information content (AvgIpc) is 2.73. The van der Waals surface area contributed by atoms with Crippen LogP contribution in [0.25, 0.3) is 0 Å². The van der Waals surface area contributed by atoms with Gasteiger partial charge in [0.15, 0.2) is 0 Å². The number of anilines is 1. The minimum absolute atomic E-state index is 0.0782. The van der Waals surface area contributed by atoms with Crippen LogP contribution in [-0.2, 0) is 17.6 Å². The number of methoxy groups -OCH3 is 1. The summed E-state index contributed by atoms with van der Waals surface area (Å²) in [5.74, 6) is 1.39. The van der Waals surface area contributed by atoms with E-state index in [1.54, 1.807) is 7.11 Å². The van der Waals surface area contributed by atoms with Crippen molar-refractivity contribution in [2.45, 2.75) is 19.3 Å². The topological polar surface area (TPSA) is 47.6 Å². The summed E-state index contributed by atoms with van der Waals surface area (Å²) in [5.41, 5.74) is 2.92. The van der Waals surface area contributed by atoms with Crippen LogP contribution >= 0.6 is 0 Å². The Balaban J connectivity index is 1.51. The quantitative estimate of drug-likeness (QED) is 0.542. The summed E-state index contributed by atoms with van der Waals surface area (Å²) < 4.78 is 11.1. The van der Waals surface area contributed by atoms with Gasteiger partial charge in [-0.3, -0.25) is 4.79 Å². The minimum Gasteiger partial charge on any atom is -0.497 e. The van der Waals surface area contributed by atoms with E-state index in [-0.39, 0.29) is 5.91 Å². The molecule has 0 aromatic heterocycles. The number of nitrogens with one attached hydrogen (secondary N) is 1. The summed E-state index contributed by atoms with van der Waals surface area (Å²) in [6, 6.07) is 25.4. The van der Waals surface area contributed by atoms with E-state index in [2.05, 4.69) is 17.4 Å². The first kappa shape index (κ1) is 19.5. The largest absolute Gasteiger partial charge is 0.497 e. The molecule has 0 fully saturated rings. The molecule has 3 rings (SSSR count). The molecule has 0 heterocycles. The molecular weight excluding hydrogens is 350 g/mol. The number of aryl methyl sites for hydroxylation is 1. The highest BCUT2D eigenvalue weighted by Gasteiger charge is 2.09. The molecule has 0 radical (unpaired) electrons. The molecule has 0 unspecified atom stereocenters. The van der Waals surface area contributed by atoms with E-state index in [0.717, 1.165) is 24.2 Å². The zero-order chi connectivity index (χ0) is 19.6. The molecule has 0 aliphatic heterocycles. The van der Waals surface area contributed by atoms with Crippen molar-refractivity contribution in [3.05, 3.63) is 90.0 Å². The lowest BCUT2D eigenvalue weighted by atomic mass is 10.1. The molecule has 144 valence electrons. The molecule has 0 bridgehead atoms. The van der Waals surface area contributed by atoms with Gasteiger partial charge in [0.05, 0.1) is 25.8 Å². The van der Waals surface area contributed by atoms with Gasteiger partial charge in [-0.25, -0.2) is 0 Å². The molecule has 0 atom stereocenters. The lowest BCUT2D eigenvalue weighted by Gasteiger charge is -2.13. The maximum atomic E-state index is 12.4. The third kappa shape index (κ3) is 5.88. The fraction of sp³-hybridized carbons (Fsp3) is 0.208. The van der Waals surface area contributed by atoms with Crippen molar-refractivity contribution in [2.75, 3.05) is 19.0 Å². The predicted octanol–water partition coefficient (Wildman–Crippen LogP) is 4.89. The number of benzene rings is 3. The first-order valence-corrected chi connectivity index (χ1v) is 9.43. The van der Waals surface area contributed by atoms with Gasteiger partial charge in [-0.2, -0.15) is 0 Å². The van der Waals surface area contributed by atoms with E-state index in [4.69, 9.17) is 9.47 Å². The van der Waals surface area contributed by atoms with Gasteiger partial charge in [-0.05, 0) is 48.2 Å². The number of carbonyl (C=O) groups excluding carboxylic acids is 1. The number of para-hydroxylation sites is 2. The first-order chi connectivity index (χ1) is 13.7. The molecule has 1 amide bonds. The van der Waals surface area contributed by atoms with Crippen LogP contribution in [0.2, 0.25) is 0 Å². The molecule has 3 aromatic rings. The van der Waals surface area contributed by atoms with Gasteiger partial charge in [-0.15, -0.1) is 0 Å². The Labute approximate surface area is 166 Å². The minimum atomic E-state index is -0.0782. The number of hydrogen-bond donors (Lipinski definition) is 1.